The second-order valence-electron chi connectivity index (χ2n) is 6.22. The van der Waals surface area contributed by atoms with Crippen LogP contribution >= 0.6 is 0 Å². The molecule has 1 aromatic heterocycles. The summed E-state index contributed by atoms with van der Waals surface area (Å²) in [5, 5.41) is 3.18. The molecule has 0 bridgehead atoms. The summed E-state index contributed by atoms with van der Waals surface area (Å²) in [6, 6.07) is 6.14. The average Bonchev–Trinajstić information content (AvgIpc) is 2.63. The van der Waals surface area contributed by atoms with Gasteiger partial charge in [-0.15, -0.1) is 0 Å². The van der Waals surface area contributed by atoms with Crippen LogP contribution in [0.3, 0.4) is 0 Å². The molecule has 0 radical (unpaired) electrons. The Balaban J connectivity index is 1.78. The Bertz CT molecular complexity index is 801. The summed E-state index contributed by atoms with van der Waals surface area (Å²) in [5.41, 5.74) is 0.435. The number of hydrogen-bond acceptors (Lipinski definition) is 6. The van der Waals surface area contributed by atoms with Gasteiger partial charge in [-0.25, -0.2) is 14.4 Å². The molecule has 2 aromatic rings. The Morgan fingerprint density at radius 2 is 2.12 bits per heavy atom. The van der Waals surface area contributed by atoms with Gasteiger partial charge in [-0.05, 0) is 19.1 Å². The van der Waals surface area contributed by atoms with Crippen molar-refractivity contribution in [3.05, 3.63) is 42.0 Å². The summed E-state index contributed by atoms with van der Waals surface area (Å²) in [6.07, 6.45) is 1.44. The van der Waals surface area contributed by atoms with Crippen molar-refractivity contribution in [3.63, 3.8) is 0 Å². The summed E-state index contributed by atoms with van der Waals surface area (Å²) in [5.74, 6) is 1.40. The van der Waals surface area contributed by atoms with Crippen LogP contribution in [0.2, 0.25) is 0 Å². The van der Waals surface area contributed by atoms with Crippen molar-refractivity contribution >= 4 is 17.5 Å². The lowest BCUT2D eigenvalue weighted by Gasteiger charge is -2.32. The predicted molar refractivity (Wildman–Crippen MR) is 96.9 cm³/mol. The molecule has 0 saturated carbocycles. The zero-order valence-electron chi connectivity index (χ0n) is 15.1. The van der Waals surface area contributed by atoms with Gasteiger partial charge in [0.15, 0.2) is 0 Å². The first-order valence-electron chi connectivity index (χ1n) is 8.39. The molecule has 1 fully saturated rings. The minimum atomic E-state index is -0.358. The van der Waals surface area contributed by atoms with Crippen LogP contribution in [0, 0.1) is 5.82 Å². The van der Waals surface area contributed by atoms with Crippen LogP contribution < -0.4 is 15.0 Å². The third-order valence-corrected chi connectivity index (χ3v) is 4.46. The lowest BCUT2D eigenvalue weighted by atomic mass is 10.1. The normalized spacial score (nSPS) is 15.8. The summed E-state index contributed by atoms with van der Waals surface area (Å²) < 4.78 is 19.5. The zero-order chi connectivity index (χ0) is 18.7. The van der Waals surface area contributed by atoms with Gasteiger partial charge < -0.3 is 19.9 Å². The number of amides is 1. The van der Waals surface area contributed by atoms with Gasteiger partial charge in [0.2, 0.25) is 5.91 Å². The molecule has 1 aliphatic heterocycles. The highest BCUT2D eigenvalue weighted by Gasteiger charge is 2.23. The number of nitrogens with zero attached hydrogens (tertiary/aromatic N) is 4. The van der Waals surface area contributed by atoms with Gasteiger partial charge in [0.1, 0.15) is 29.5 Å². The third-order valence-electron chi connectivity index (χ3n) is 4.46. The maximum Gasteiger partial charge on any atom is 0.241 e. The van der Waals surface area contributed by atoms with Crippen LogP contribution in [0.4, 0.5) is 16.0 Å². The molecule has 1 atom stereocenters. The fourth-order valence-corrected chi connectivity index (χ4v) is 2.96. The van der Waals surface area contributed by atoms with Crippen LogP contribution in [0.25, 0.3) is 0 Å². The van der Waals surface area contributed by atoms with Crippen LogP contribution in [0.5, 0.6) is 5.75 Å². The van der Waals surface area contributed by atoms with E-state index in [0.717, 1.165) is 0 Å². The minimum absolute atomic E-state index is 0.0498. The summed E-state index contributed by atoms with van der Waals surface area (Å²) in [7, 11) is 3.30. The molecular formula is C18H22FN5O2. The van der Waals surface area contributed by atoms with Gasteiger partial charge in [0.25, 0.3) is 0 Å². The Kier molecular flexibility index (Phi) is 5.20. The smallest absolute Gasteiger partial charge is 0.241 e. The molecule has 7 nitrogen and oxygen atoms in total. The lowest BCUT2D eigenvalue weighted by Crippen LogP contribution is -2.48. The molecular weight excluding hydrogens is 337 g/mol. The molecule has 0 spiro atoms. The van der Waals surface area contributed by atoms with Gasteiger partial charge in [-0.2, -0.15) is 0 Å². The van der Waals surface area contributed by atoms with Crippen molar-refractivity contribution < 1.29 is 13.9 Å². The van der Waals surface area contributed by atoms with E-state index in [0.29, 0.717) is 36.0 Å². The van der Waals surface area contributed by atoms with E-state index in [4.69, 9.17) is 4.74 Å². The fourth-order valence-electron chi connectivity index (χ4n) is 2.96. The zero-order valence-corrected chi connectivity index (χ0v) is 15.1. The Labute approximate surface area is 151 Å². The number of piperazine rings is 1. The maximum atomic E-state index is 14.2. The average molecular weight is 359 g/mol. The van der Waals surface area contributed by atoms with Gasteiger partial charge in [-0.3, -0.25) is 4.79 Å². The molecule has 26 heavy (non-hydrogen) atoms. The number of likely N-dealkylation sites (N-methyl/N-ethyl adjacent to an activating group) is 1. The van der Waals surface area contributed by atoms with Gasteiger partial charge >= 0.3 is 0 Å². The highest BCUT2D eigenvalue weighted by atomic mass is 19.1. The third kappa shape index (κ3) is 3.68. The van der Waals surface area contributed by atoms with Crippen molar-refractivity contribution in [3.8, 4) is 5.75 Å². The van der Waals surface area contributed by atoms with E-state index < -0.39 is 0 Å². The number of ether oxygens (including phenoxy) is 1. The van der Waals surface area contributed by atoms with Gasteiger partial charge in [0, 0.05) is 26.2 Å². The SMILES string of the molecule is COc1cccc(F)c1C(C)Nc1cc(N2CCN(C)C(=O)C2)ncn1. The number of halogens is 1. The Morgan fingerprint density at radius 3 is 2.85 bits per heavy atom. The highest BCUT2D eigenvalue weighted by molar-refractivity contribution is 5.82. The lowest BCUT2D eigenvalue weighted by molar-refractivity contribution is -0.129. The monoisotopic (exact) mass is 359 g/mol. The number of aromatic nitrogens is 2. The molecule has 1 saturated heterocycles. The molecule has 1 N–H and O–H groups in total. The van der Waals surface area contributed by atoms with E-state index in [1.54, 1.807) is 30.1 Å². The van der Waals surface area contributed by atoms with E-state index in [1.807, 2.05) is 11.8 Å². The van der Waals surface area contributed by atoms with Crippen molar-refractivity contribution in [2.24, 2.45) is 0 Å². The number of carbonyl (C=O) groups excluding carboxylic acids is 1. The predicted octanol–water partition coefficient (Wildman–Crippen LogP) is 2.08. The van der Waals surface area contributed by atoms with Crippen LogP contribution in [0.1, 0.15) is 18.5 Å². The fraction of sp³-hybridized carbons (Fsp3) is 0.389. The van der Waals surface area contributed by atoms with Crippen molar-refractivity contribution in [1.82, 2.24) is 14.9 Å². The summed E-state index contributed by atoms with van der Waals surface area (Å²) in [4.78, 5) is 24.0. The van der Waals surface area contributed by atoms with E-state index in [-0.39, 0.29) is 24.3 Å². The molecule has 0 aliphatic carbocycles. The number of nitrogens with one attached hydrogen (secondary N) is 1. The molecule has 2 heterocycles. The Hall–Kier alpha value is -2.90. The van der Waals surface area contributed by atoms with Crippen molar-refractivity contribution in [2.45, 2.75) is 13.0 Å². The summed E-state index contributed by atoms with van der Waals surface area (Å²) in [6.45, 7) is 3.47. The van der Waals surface area contributed by atoms with E-state index in [1.165, 1.54) is 19.5 Å². The maximum absolute atomic E-state index is 14.2. The van der Waals surface area contributed by atoms with Crippen LogP contribution in [0.15, 0.2) is 30.6 Å². The first kappa shape index (κ1) is 17.9. The second kappa shape index (κ2) is 7.55. The number of rotatable bonds is 5. The van der Waals surface area contributed by atoms with Gasteiger partial charge in [-0.1, -0.05) is 6.07 Å². The first-order valence-corrected chi connectivity index (χ1v) is 8.39. The molecule has 1 amide bonds. The van der Waals surface area contributed by atoms with Crippen molar-refractivity contribution in [1.29, 1.82) is 0 Å². The Morgan fingerprint density at radius 1 is 1.31 bits per heavy atom. The number of hydrogen-bond donors (Lipinski definition) is 1. The van der Waals surface area contributed by atoms with Crippen LogP contribution in [-0.4, -0.2) is 54.6 Å². The summed E-state index contributed by atoms with van der Waals surface area (Å²) >= 11 is 0. The molecule has 1 unspecified atom stereocenters. The highest BCUT2D eigenvalue weighted by Crippen LogP contribution is 2.30. The number of methoxy groups -OCH3 is 1. The molecule has 8 heteroatoms. The van der Waals surface area contributed by atoms with Crippen LogP contribution in [-0.2, 0) is 4.79 Å². The van der Waals surface area contributed by atoms with E-state index in [9.17, 15) is 9.18 Å². The van der Waals surface area contributed by atoms with E-state index >= 15 is 0 Å². The molecule has 1 aromatic carbocycles. The number of anilines is 2. The number of carbonyl (C=O) groups is 1. The first-order chi connectivity index (χ1) is 12.5. The second-order valence-corrected chi connectivity index (χ2v) is 6.22. The van der Waals surface area contributed by atoms with E-state index in [2.05, 4.69) is 15.3 Å². The van der Waals surface area contributed by atoms with Crippen molar-refractivity contribution in [2.75, 3.05) is 44.0 Å². The molecule has 3 rings (SSSR count). The number of benzene rings is 1. The largest absolute Gasteiger partial charge is 0.496 e. The molecule has 138 valence electrons. The minimum Gasteiger partial charge on any atom is -0.496 e. The standard InChI is InChI=1S/C18H22FN5O2/c1-12(18-13(19)5-4-6-14(18)26-3)22-15-9-16(21-11-20-15)24-8-7-23(2)17(25)10-24/h4-6,9,11-12H,7-8,10H2,1-3H3,(H,20,21,22). The molecule has 1 aliphatic rings. The van der Waals surface area contributed by atoms with Gasteiger partial charge in [0.05, 0.1) is 25.3 Å². The quantitative estimate of drug-likeness (QED) is 0.881. The topological polar surface area (TPSA) is 70.6 Å².